The lowest BCUT2D eigenvalue weighted by atomic mass is 10.1. The van der Waals surface area contributed by atoms with E-state index in [9.17, 15) is 4.79 Å². The van der Waals surface area contributed by atoms with Crippen LogP contribution in [-0.4, -0.2) is 37.8 Å². The summed E-state index contributed by atoms with van der Waals surface area (Å²) in [5.74, 6) is -0.226. The number of benzene rings is 1. The molecular formula is C16H19ClN2O3S. The summed E-state index contributed by atoms with van der Waals surface area (Å²) in [4.78, 5) is 17.0. The van der Waals surface area contributed by atoms with E-state index in [1.165, 1.54) is 11.3 Å². The summed E-state index contributed by atoms with van der Waals surface area (Å²) in [6, 6.07) is 5.96. The van der Waals surface area contributed by atoms with Gasteiger partial charge in [0.05, 0.1) is 13.2 Å². The average Bonchev–Trinajstić information content (AvgIpc) is 2.95. The van der Waals surface area contributed by atoms with Crippen molar-refractivity contribution in [1.29, 1.82) is 0 Å². The number of carbonyl (C=O) groups is 1. The lowest BCUT2D eigenvalue weighted by Gasteiger charge is -2.05. The first-order valence-corrected chi connectivity index (χ1v) is 8.35. The molecule has 7 heteroatoms. The third kappa shape index (κ3) is 5.58. The van der Waals surface area contributed by atoms with E-state index in [-0.39, 0.29) is 12.5 Å². The molecule has 0 fully saturated rings. The molecule has 1 N–H and O–H groups in total. The first kappa shape index (κ1) is 17.9. The van der Waals surface area contributed by atoms with Crippen LogP contribution in [-0.2, 0) is 20.7 Å². The fourth-order valence-corrected chi connectivity index (χ4v) is 2.99. The van der Waals surface area contributed by atoms with Gasteiger partial charge in [0.1, 0.15) is 6.61 Å². The predicted octanol–water partition coefficient (Wildman–Crippen LogP) is 3.30. The smallest absolute Gasteiger partial charge is 0.252 e. The van der Waals surface area contributed by atoms with Gasteiger partial charge in [-0.05, 0) is 18.1 Å². The van der Waals surface area contributed by atoms with Gasteiger partial charge in [-0.15, -0.1) is 11.3 Å². The zero-order chi connectivity index (χ0) is 16.7. The molecule has 1 amide bonds. The number of aryl methyl sites for hydroxylation is 1. The van der Waals surface area contributed by atoms with Gasteiger partial charge in [-0.1, -0.05) is 29.8 Å². The van der Waals surface area contributed by atoms with Gasteiger partial charge in [-0.3, -0.25) is 10.1 Å². The number of aromatic nitrogens is 1. The van der Waals surface area contributed by atoms with E-state index < -0.39 is 0 Å². The number of rotatable bonds is 8. The monoisotopic (exact) mass is 354 g/mol. The van der Waals surface area contributed by atoms with Crippen LogP contribution in [0.15, 0.2) is 24.4 Å². The van der Waals surface area contributed by atoms with Crippen LogP contribution in [0, 0.1) is 6.92 Å². The Morgan fingerprint density at radius 3 is 3.00 bits per heavy atom. The predicted molar refractivity (Wildman–Crippen MR) is 92.4 cm³/mol. The minimum atomic E-state index is -0.226. The number of amides is 1. The van der Waals surface area contributed by atoms with Crippen LogP contribution in [0.5, 0.6) is 0 Å². The van der Waals surface area contributed by atoms with Crippen LogP contribution in [0.4, 0.5) is 5.13 Å². The Kier molecular flexibility index (Phi) is 6.98. The number of ether oxygens (including phenoxy) is 2. The lowest BCUT2D eigenvalue weighted by Crippen LogP contribution is -2.19. The molecule has 0 unspecified atom stereocenters. The SMILES string of the molecule is COCCOCC(=O)Nc1ncc(Cc2cccc(C)c2Cl)s1. The fourth-order valence-electron chi connectivity index (χ4n) is 1.94. The molecule has 124 valence electrons. The summed E-state index contributed by atoms with van der Waals surface area (Å²) < 4.78 is 10.0. The van der Waals surface area contributed by atoms with Crippen molar-refractivity contribution >= 4 is 34.0 Å². The highest BCUT2D eigenvalue weighted by Crippen LogP contribution is 2.26. The van der Waals surface area contributed by atoms with Gasteiger partial charge in [0, 0.05) is 29.6 Å². The van der Waals surface area contributed by atoms with Crippen LogP contribution in [0.3, 0.4) is 0 Å². The molecule has 1 aromatic carbocycles. The maximum Gasteiger partial charge on any atom is 0.252 e. The minimum absolute atomic E-state index is 0.0119. The lowest BCUT2D eigenvalue weighted by molar-refractivity contribution is -0.121. The van der Waals surface area contributed by atoms with Crippen molar-refractivity contribution in [2.24, 2.45) is 0 Å². The molecule has 0 saturated heterocycles. The molecular weight excluding hydrogens is 336 g/mol. The van der Waals surface area contributed by atoms with Crippen LogP contribution >= 0.6 is 22.9 Å². The van der Waals surface area contributed by atoms with Crippen molar-refractivity contribution in [3.63, 3.8) is 0 Å². The Morgan fingerprint density at radius 2 is 2.22 bits per heavy atom. The number of hydrogen-bond acceptors (Lipinski definition) is 5. The van der Waals surface area contributed by atoms with Gasteiger partial charge in [-0.25, -0.2) is 4.98 Å². The fraction of sp³-hybridized carbons (Fsp3) is 0.375. The quantitative estimate of drug-likeness (QED) is 0.739. The van der Waals surface area contributed by atoms with Crippen molar-refractivity contribution in [2.75, 3.05) is 32.2 Å². The van der Waals surface area contributed by atoms with Crippen LogP contribution in [0.2, 0.25) is 5.02 Å². The maximum absolute atomic E-state index is 11.7. The van der Waals surface area contributed by atoms with Gasteiger partial charge in [-0.2, -0.15) is 0 Å². The third-order valence-electron chi connectivity index (χ3n) is 3.10. The molecule has 0 spiro atoms. The number of halogens is 1. The van der Waals surface area contributed by atoms with Crippen molar-refractivity contribution < 1.29 is 14.3 Å². The largest absolute Gasteiger partial charge is 0.382 e. The second-order valence-electron chi connectivity index (χ2n) is 4.95. The summed E-state index contributed by atoms with van der Waals surface area (Å²) in [5.41, 5.74) is 2.10. The molecule has 0 aliphatic heterocycles. The number of thiazole rings is 1. The van der Waals surface area contributed by atoms with E-state index in [2.05, 4.69) is 10.3 Å². The summed E-state index contributed by atoms with van der Waals surface area (Å²) in [7, 11) is 1.58. The molecule has 0 aliphatic rings. The van der Waals surface area contributed by atoms with Crippen molar-refractivity contribution in [3.05, 3.63) is 45.4 Å². The molecule has 2 rings (SSSR count). The number of carbonyl (C=O) groups excluding carboxylic acids is 1. The molecule has 23 heavy (non-hydrogen) atoms. The van der Waals surface area contributed by atoms with Gasteiger partial charge < -0.3 is 9.47 Å². The molecule has 0 aliphatic carbocycles. The third-order valence-corrected chi connectivity index (χ3v) is 4.55. The number of nitrogens with one attached hydrogen (secondary N) is 1. The molecule has 1 heterocycles. The second-order valence-corrected chi connectivity index (χ2v) is 6.44. The summed E-state index contributed by atoms with van der Waals surface area (Å²) in [6.07, 6.45) is 2.45. The Hall–Kier alpha value is -1.47. The number of methoxy groups -OCH3 is 1. The second kappa shape index (κ2) is 8.98. The molecule has 1 aromatic heterocycles. The topological polar surface area (TPSA) is 60.5 Å². The average molecular weight is 355 g/mol. The highest BCUT2D eigenvalue weighted by atomic mass is 35.5. The highest BCUT2D eigenvalue weighted by Gasteiger charge is 2.09. The number of nitrogens with zero attached hydrogens (tertiary/aromatic N) is 1. The Labute approximate surface area is 144 Å². The molecule has 5 nitrogen and oxygen atoms in total. The normalized spacial score (nSPS) is 10.7. The Bertz CT molecular complexity index is 661. The number of anilines is 1. The minimum Gasteiger partial charge on any atom is -0.382 e. The van der Waals surface area contributed by atoms with E-state index in [0.717, 1.165) is 21.0 Å². The van der Waals surface area contributed by atoms with E-state index in [1.807, 2.05) is 25.1 Å². The standard InChI is InChI=1S/C16H19ClN2O3S/c1-11-4-3-5-12(15(11)17)8-13-9-18-16(23-13)19-14(20)10-22-7-6-21-2/h3-5,9H,6-8,10H2,1-2H3,(H,18,19,20). The van der Waals surface area contributed by atoms with E-state index in [0.29, 0.717) is 24.8 Å². The van der Waals surface area contributed by atoms with Gasteiger partial charge >= 0.3 is 0 Å². The highest BCUT2D eigenvalue weighted by molar-refractivity contribution is 7.15. The van der Waals surface area contributed by atoms with Gasteiger partial charge in [0.2, 0.25) is 0 Å². The summed E-state index contributed by atoms with van der Waals surface area (Å²) in [5, 5.41) is 4.06. The molecule has 0 atom stereocenters. The van der Waals surface area contributed by atoms with Crippen molar-refractivity contribution in [1.82, 2.24) is 4.98 Å². The molecule has 0 bridgehead atoms. The molecule has 0 radical (unpaired) electrons. The van der Waals surface area contributed by atoms with Crippen molar-refractivity contribution in [3.8, 4) is 0 Å². The van der Waals surface area contributed by atoms with E-state index in [4.69, 9.17) is 21.1 Å². The molecule has 2 aromatic rings. The van der Waals surface area contributed by atoms with Crippen LogP contribution < -0.4 is 5.32 Å². The van der Waals surface area contributed by atoms with Crippen LogP contribution in [0.1, 0.15) is 16.0 Å². The van der Waals surface area contributed by atoms with E-state index >= 15 is 0 Å². The summed E-state index contributed by atoms with van der Waals surface area (Å²) in [6.45, 7) is 2.82. The molecule has 0 saturated carbocycles. The first-order valence-electron chi connectivity index (χ1n) is 7.15. The first-order chi connectivity index (χ1) is 11.1. The zero-order valence-electron chi connectivity index (χ0n) is 13.1. The van der Waals surface area contributed by atoms with Gasteiger partial charge in [0.25, 0.3) is 5.91 Å². The van der Waals surface area contributed by atoms with Crippen LogP contribution in [0.25, 0.3) is 0 Å². The number of hydrogen-bond donors (Lipinski definition) is 1. The van der Waals surface area contributed by atoms with Gasteiger partial charge in [0.15, 0.2) is 5.13 Å². The Balaban J connectivity index is 1.88. The zero-order valence-corrected chi connectivity index (χ0v) is 14.7. The maximum atomic E-state index is 11.7. The Morgan fingerprint density at radius 1 is 1.39 bits per heavy atom. The van der Waals surface area contributed by atoms with Crippen molar-refractivity contribution in [2.45, 2.75) is 13.3 Å². The van der Waals surface area contributed by atoms with E-state index in [1.54, 1.807) is 13.3 Å². The summed E-state index contributed by atoms with van der Waals surface area (Å²) >= 11 is 7.74.